The summed E-state index contributed by atoms with van der Waals surface area (Å²) in [5.74, 6) is -1.08. The van der Waals surface area contributed by atoms with Gasteiger partial charge in [0.1, 0.15) is 23.3 Å². The van der Waals surface area contributed by atoms with E-state index in [0.717, 1.165) is 17.2 Å². The fourth-order valence-electron chi connectivity index (χ4n) is 2.45. The summed E-state index contributed by atoms with van der Waals surface area (Å²) < 4.78 is 27.3. The molecule has 0 saturated heterocycles. The molecule has 0 radical (unpaired) electrons. The van der Waals surface area contributed by atoms with E-state index < -0.39 is 17.2 Å². The quantitative estimate of drug-likeness (QED) is 0.553. The molecule has 0 fully saturated rings. The Labute approximate surface area is 152 Å². The molecule has 1 N–H and O–H groups in total. The molecule has 3 rings (SSSR count). The molecule has 1 heterocycles. The molecule has 4 nitrogen and oxygen atoms in total. The van der Waals surface area contributed by atoms with E-state index in [2.05, 4.69) is 9.97 Å². The Bertz CT molecular complexity index is 1070. The van der Waals surface area contributed by atoms with Crippen molar-refractivity contribution < 1.29 is 8.78 Å². The van der Waals surface area contributed by atoms with Crippen molar-refractivity contribution in [1.82, 2.24) is 9.97 Å². The summed E-state index contributed by atoms with van der Waals surface area (Å²) in [4.78, 5) is 18.9. The zero-order valence-electron chi connectivity index (χ0n) is 13.7. The predicted molar refractivity (Wildman–Crippen MR) is 95.7 cm³/mol. The number of aromatic nitrogens is 2. The number of nitriles is 1. The first-order chi connectivity index (χ1) is 12.5. The van der Waals surface area contributed by atoms with Crippen molar-refractivity contribution >= 4 is 11.8 Å². The highest BCUT2D eigenvalue weighted by Gasteiger charge is 2.17. The van der Waals surface area contributed by atoms with Gasteiger partial charge in [-0.05, 0) is 24.6 Å². The first-order valence-corrected chi connectivity index (χ1v) is 8.64. The minimum Gasteiger partial charge on any atom is -0.300 e. The van der Waals surface area contributed by atoms with Crippen LogP contribution in [0.5, 0.6) is 0 Å². The molecule has 3 aromatic rings. The van der Waals surface area contributed by atoms with Gasteiger partial charge in [0.05, 0.1) is 5.69 Å². The highest BCUT2D eigenvalue weighted by Crippen LogP contribution is 2.26. The lowest BCUT2D eigenvalue weighted by molar-refractivity contribution is 0.585. The number of benzene rings is 2. The number of thioether (sulfide) groups is 1. The number of aromatic amines is 1. The maximum Gasteiger partial charge on any atom is 0.270 e. The summed E-state index contributed by atoms with van der Waals surface area (Å²) in [6, 6.07) is 12.5. The van der Waals surface area contributed by atoms with Gasteiger partial charge in [-0.2, -0.15) is 5.26 Å². The molecule has 0 spiro atoms. The molecule has 0 unspecified atom stereocenters. The SMILES string of the molecule is Cc1cccc(CSc2nc(-c3ccc(F)cc3F)c(C#N)c(=O)[nH]2)c1. The average molecular weight is 369 g/mol. The van der Waals surface area contributed by atoms with Gasteiger partial charge >= 0.3 is 0 Å². The summed E-state index contributed by atoms with van der Waals surface area (Å²) >= 11 is 1.26. The van der Waals surface area contributed by atoms with Gasteiger partial charge < -0.3 is 4.98 Å². The summed E-state index contributed by atoms with van der Waals surface area (Å²) in [6.45, 7) is 1.98. The number of nitrogens with zero attached hydrogens (tertiary/aromatic N) is 2. The highest BCUT2D eigenvalue weighted by atomic mass is 32.2. The van der Waals surface area contributed by atoms with Crippen LogP contribution in [0.2, 0.25) is 0 Å². The van der Waals surface area contributed by atoms with Gasteiger partial charge in [0.25, 0.3) is 5.56 Å². The molecule has 0 aliphatic heterocycles. The van der Waals surface area contributed by atoms with Crippen molar-refractivity contribution in [1.29, 1.82) is 5.26 Å². The lowest BCUT2D eigenvalue weighted by atomic mass is 10.1. The molecule has 1 aromatic heterocycles. The zero-order chi connectivity index (χ0) is 18.7. The Morgan fingerprint density at radius 1 is 1.23 bits per heavy atom. The van der Waals surface area contributed by atoms with Crippen LogP contribution in [0.4, 0.5) is 8.78 Å². The number of hydrogen-bond acceptors (Lipinski definition) is 4. The molecule has 0 bridgehead atoms. The highest BCUT2D eigenvalue weighted by molar-refractivity contribution is 7.98. The fourth-order valence-corrected chi connectivity index (χ4v) is 3.26. The van der Waals surface area contributed by atoms with E-state index >= 15 is 0 Å². The average Bonchev–Trinajstić information content (AvgIpc) is 2.59. The van der Waals surface area contributed by atoms with Gasteiger partial charge in [-0.1, -0.05) is 41.6 Å². The molecule has 0 amide bonds. The zero-order valence-corrected chi connectivity index (χ0v) is 14.5. The van der Waals surface area contributed by atoms with E-state index in [-0.39, 0.29) is 22.0 Å². The molecular formula is C19H13F2N3OS. The second kappa shape index (κ2) is 7.50. The number of halogens is 2. The van der Waals surface area contributed by atoms with Gasteiger partial charge in [0, 0.05) is 17.4 Å². The first kappa shape index (κ1) is 17.8. The van der Waals surface area contributed by atoms with Crippen LogP contribution in [0.25, 0.3) is 11.3 Å². The molecule has 0 atom stereocenters. The topological polar surface area (TPSA) is 69.5 Å². The minimum atomic E-state index is -0.880. The van der Waals surface area contributed by atoms with Crippen LogP contribution in [0.15, 0.2) is 52.4 Å². The Kier molecular flexibility index (Phi) is 5.14. The van der Waals surface area contributed by atoms with Crippen molar-refractivity contribution in [3.05, 3.63) is 81.1 Å². The van der Waals surface area contributed by atoms with Gasteiger partial charge in [-0.15, -0.1) is 0 Å². The monoisotopic (exact) mass is 369 g/mol. The molecule has 0 aliphatic carbocycles. The summed E-state index contributed by atoms with van der Waals surface area (Å²) in [5, 5.41) is 9.48. The van der Waals surface area contributed by atoms with Crippen LogP contribution in [-0.2, 0) is 5.75 Å². The van der Waals surface area contributed by atoms with Crippen molar-refractivity contribution in [3.63, 3.8) is 0 Å². The predicted octanol–water partition coefficient (Wildman–Crippen LogP) is 4.19. The summed E-state index contributed by atoms with van der Waals surface area (Å²) in [7, 11) is 0. The standard InChI is InChI=1S/C19H13F2N3OS/c1-11-3-2-4-12(7-11)10-26-19-23-17(15(9-22)18(25)24-19)14-6-5-13(20)8-16(14)21/h2-8H,10H2,1H3,(H,23,24,25). The van der Waals surface area contributed by atoms with Crippen LogP contribution in [0.3, 0.4) is 0 Å². The van der Waals surface area contributed by atoms with Crippen LogP contribution in [0.1, 0.15) is 16.7 Å². The second-order valence-electron chi connectivity index (χ2n) is 5.61. The fraction of sp³-hybridized carbons (Fsp3) is 0.105. The van der Waals surface area contributed by atoms with E-state index in [1.807, 2.05) is 31.2 Å². The molecule has 26 heavy (non-hydrogen) atoms. The number of hydrogen-bond donors (Lipinski definition) is 1. The number of H-pyrrole nitrogens is 1. The number of nitrogens with one attached hydrogen (secondary N) is 1. The second-order valence-corrected chi connectivity index (χ2v) is 6.57. The molecule has 7 heteroatoms. The van der Waals surface area contributed by atoms with Crippen molar-refractivity contribution in [2.75, 3.05) is 0 Å². The third-order valence-corrected chi connectivity index (χ3v) is 4.60. The smallest absolute Gasteiger partial charge is 0.270 e. The molecule has 2 aromatic carbocycles. The third kappa shape index (κ3) is 3.81. The van der Waals surface area contributed by atoms with Gasteiger partial charge in [0.15, 0.2) is 5.16 Å². The molecule has 0 saturated carbocycles. The molecule has 130 valence electrons. The molecule has 0 aliphatic rings. The maximum absolute atomic E-state index is 14.1. The van der Waals surface area contributed by atoms with Crippen LogP contribution >= 0.6 is 11.8 Å². The van der Waals surface area contributed by atoms with Crippen molar-refractivity contribution in [3.8, 4) is 17.3 Å². The number of rotatable bonds is 4. The van der Waals surface area contributed by atoms with E-state index in [4.69, 9.17) is 0 Å². The first-order valence-electron chi connectivity index (χ1n) is 7.66. The van der Waals surface area contributed by atoms with Crippen LogP contribution in [0, 0.1) is 29.9 Å². The summed E-state index contributed by atoms with van der Waals surface area (Å²) in [5.41, 5.74) is 0.991. The van der Waals surface area contributed by atoms with Crippen molar-refractivity contribution in [2.45, 2.75) is 17.8 Å². The minimum absolute atomic E-state index is 0.0912. The van der Waals surface area contributed by atoms with E-state index in [1.165, 1.54) is 17.8 Å². The third-order valence-electron chi connectivity index (χ3n) is 3.65. The lowest BCUT2D eigenvalue weighted by Crippen LogP contribution is -2.15. The Balaban J connectivity index is 1.99. The van der Waals surface area contributed by atoms with E-state index in [0.29, 0.717) is 11.8 Å². The maximum atomic E-state index is 14.1. The Hall–Kier alpha value is -2.98. The number of aryl methyl sites for hydroxylation is 1. The largest absolute Gasteiger partial charge is 0.300 e. The Morgan fingerprint density at radius 3 is 2.73 bits per heavy atom. The molecular weight excluding hydrogens is 356 g/mol. The van der Waals surface area contributed by atoms with Gasteiger partial charge in [-0.3, -0.25) is 4.79 Å². The van der Waals surface area contributed by atoms with Crippen molar-refractivity contribution in [2.24, 2.45) is 0 Å². The normalized spacial score (nSPS) is 10.5. The van der Waals surface area contributed by atoms with E-state index in [9.17, 15) is 18.8 Å². The Morgan fingerprint density at radius 2 is 2.04 bits per heavy atom. The van der Waals surface area contributed by atoms with Crippen LogP contribution < -0.4 is 5.56 Å². The summed E-state index contributed by atoms with van der Waals surface area (Å²) in [6.07, 6.45) is 0. The van der Waals surface area contributed by atoms with Crippen LogP contribution in [-0.4, -0.2) is 9.97 Å². The van der Waals surface area contributed by atoms with Gasteiger partial charge in [0.2, 0.25) is 0 Å². The lowest BCUT2D eigenvalue weighted by Gasteiger charge is -2.08. The van der Waals surface area contributed by atoms with E-state index in [1.54, 1.807) is 6.07 Å². The van der Waals surface area contributed by atoms with Gasteiger partial charge in [-0.25, -0.2) is 13.8 Å².